The Hall–Kier alpha value is -1.65. The van der Waals surface area contributed by atoms with Crippen LogP contribution in [0, 0.1) is 0 Å². The Morgan fingerprint density at radius 3 is 2.25 bits per heavy atom. The van der Waals surface area contributed by atoms with Gasteiger partial charge in [-0.25, -0.2) is 0 Å². The average Bonchev–Trinajstić information content (AvgIpc) is 2.53. The first-order valence-corrected chi connectivity index (χ1v) is 8.80. The molecule has 0 rings (SSSR count). The molecule has 0 fully saturated rings. The number of carboxylic acid groups (broad SMARTS) is 1. The second-order valence-corrected chi connectivity index (χ2v) is 5.78. The second-order valence-electron chi connectivity index (χ2n) is 5.78. The van der Waals surface area contributed by atoms with E-state index in [-0.39, 0.29) is 12.5 Å². The Bertz CT molecular complexity index is 421. The molecule has 24 heavy (non-hydrogen) atoms. The molecule has 0 aliphatic carbocycles. The van der Waals surface area contributed by atoms with E-state index in [1.807, 2.05) is 36.5 Å². The average molecular weight is 336 g/mol. The van der Waals surface area contributed by atoms with Crippen LogP contribution < -0.4 is 0 Å². The number of aliphatic hydroxyl groups is 2. The summed E-state index contributed by atoms with van der Waals surface area (Å²) < 4.78 is 0. The monoisotopic (exact) mass is 336 g/mol. The van der Waals surface area contributed by atoms with E-state index in [0.29, 0.717) is 12.8 Å². The molecule has 0 aromatic rings. The zero-order valence-electron chi connectivity index (χ0n) is 14.7. The summed E-state index contributed by atoms with van der Waals surface area (Å²) >= 11 is 0. The van der Waals surface area contributed by atoms with Gasteiger partial charge in [-0.05, 0) is 25.7 Å². The van der Waals surface area contributed by atoms with Gasteiger partial charge < -0.3 is 15.3 Å². The topological polar surface area (TPSA) is 77.8 Å². The van der Waals surface area contributed by atoms with Crippen molar-refractivity contribution < 1.29 is 20.1 Å². The van der Waals surface area contributed by atoms with Crippen LogP contribution in [0.15, 0.2) is 48.6 Å². The van der Waals surface area contributed by atoms with Gasteiger partial charge in [0.15, 0.2) is 0 Å². The Kier molecular flexibility index (Phi) is 15.1. The minimum atomic E-state index is -0.834. The highest BCUT2D eigenvalue weighted by molar-refractivity contribution is 5.66. The highest BCUT2D eigenvalue weighted by Crippen LogP contribution is 2.05. The number of carboxylic acids is 1. The number of aliphatic hydroxyl groups excluding tert-OH is 2. The molecule has 0 saturated carbocycles. The van der Waals surface area contributed by atoms with Gasteiger partial charge in [-0.2, -0.15) is 0 Å². The van der Waals surface area contributed by atoms with Crippen molar-refractivity contribution in [1.82, 2.24) is 0 Å². The van der Waals surface area contributed by atoms with Crippen LogP contribution in [0.25, 0.3) is 0 Å². The quantitative estimate of drug-likeness (QED) is 0.253. The third kappa shape index (κ3) is 16.7. The number of hydrogen-bond acceptors (Lipinski definition) is 3. The molecule has 0 heterocycles. The van der Waals surface area contributed by atoms with Gasteiger partial charge in [-0.1, -0.05) is 74.8 Å². The molecule has 3 N–H and O–H groups in total. The molecule has 0 bridgehead atoms. The number of allylic oxidation sites excluding steroid dienone is 6. The van der Waals surface area contributed by atoms with E-state index in [4.69, 9.17) is 5.11 Å². The van der Waals surface area contributed by atoms with Crippen molar-refractivity contribution >= 4 is 5.97 Å². The smallest absolute Gasteiger partial charge is 0.303 e. The van der Waals surface area contributed by atoms with Crippen LogP contribution in [0.1, 0.15) is 58.3 Å². The first kappa shape index (κ1) is 22.4. The molecule has 0 unspecified atom stereocenters. The Labute approximate surface area is 145 Å². The molecule has 4 heteroatoms. The molecule has 4 nitrogen and oxygen atoms in total. The molecule has 0 aliphatic rings. The van der Waals surface area contributed by atoms with Crippen molar-refractivity contribution in [3.8, 4) is 0 Å². The fraction of sp³-hybridized carbons (Fsp3) is 0.550. The van der Waals surface area contributed by atoms with Gasteiger partial charge in [0, 0.05) is 6.42 Å². The summed E-state index contributed by atoms with van der Waals surface area (Å²) in [6.07, 6.45) is 19.9. The molecule has 0 spiro atoms. The van der Waals surface area contributed by atoms with Gasteiger partial charge in [0.2, 0.25) is 0 Å². The van der Waals surface area contributed by atoms with E-state index in [1.165, 1.54) is 6.42 Å². The zero-order chi connectivity index (χ0) is 18.0. The van der Waals surface area contributed by atoms with Gasteiger partial charge in [-0.15, -0.1) is 0 Å². The Morgan fingerprint density at radius 1 is 0.875 bits per heavy atom. The highest BCUT2D eigenvalue weighted by Gasteiger charge is 2.01. The number of rotatable bonds is 14. The van der Waals surface area contributed by atoms with Crippen LogP contribution in [0.2, 0.25) is 0 Å². The van der Waals surface area contributed by atoms with E-state index < -0.39 is 12.1 Å². The van der Waals surface area contributed by atoms with Crippen LogP contribution in [0.3, 0.4) is 0 Å². The molecule has 136 valence electrons. The molecule has 0 aliphatic heterocycles. The summed E-state index contributed by atoms with van der Waals surface area (Å²) in [6, 6.07) is 0. The lowest BCUT2D eigenvalue weighted by Gasteiger charge is -2.03. The summed E-state index contributed by atoms with van der Waals surface area (Å²) in [5.41, 5.74) is 0. The molecule has 0 amide bonds. The Balaban J connectivity index is 3.76. The van der Waals surface area contributed by atoms with E-state index in [9.17, 15) is 15.0 Å². The molecule has 2 atom stereocenters. The Morgan fingerprint density at radius 2 is 1.54 bits per heavy atom. The van der Waals surface area contributed by atoms with Crippen molar-refractivity contribution in [2.75, 3.05) is 0 Å². The maximum absolute atomic E-state index is 10.3. The van der Waals surface area contributed by atoms with E-state index >= 15 is 0 Å². The molecule has 0 saturated heterocycles. The normalized spacial score (nSPS) is 15.1. The van der Waals surface area contributed by atoms with Crippen molar-refractivity contribution in [3.05, 3.63) is 48.6 Å². The van der Waals surface area contributed by atoms with Gasteiger partial charge in [0.05, 0.1) is 12.2 Å². The standard InChI is InChI=1S/C20H32O4/c1-2-3-9-13-18(21)14-10-7-5-4-6-8-11-15-19(22)16-12-17-20(23)24/h4-6,8,10-11,14-15,18-19,21-22H,2-3,7,9,12-13,16-17H2,1H3,(H,23,24)/b5-4-,8-6-,14-10+,15-11+/t18-,19+/m0/s1. The predicted octanol–water partition coefficient (Wildman–Crippen LogP) is 4.16. The molecular formula is C20H32O4. The molecule has 0 aromatic carbocycles. The maximum Gasteiger partial charge on any atom is 0.303 e. The maximum atomic E-state index is 10.3. The van der Waals surface area contributed by atoms with Crippen LogP contribution in [0.5, 0.6) is 0 Å². The lowest BCUT2D eigenvalue weighted by molar-refractivity contribution is -0.137. The van der Waals surface area contributed by atoms with Crippen LogP contribution >= 0.6 is 0 Å². The van der Waals surface area contributed by atoms with Gasteiger partial charge >= 0.3 is 5.97 Å². The van der Waals surface area contributed by atoms with Gasteiger partial charge in [0.1, 0.15) is 0 Å². The molecule has 0 aromatic heterocycles. The van der Waals surface area contributed by atoms with Crippen molar-refractivity contribution in [2.45, 2.75) is 70.5 Å². The fourth-order valence-electron chi connectivity index (χ4n) is 2.05. The van der Waals surface area contributed by atoms with Gasteiger partial charge in [-0.3, -0.25) is 4.79 Å². The minimum Gasteiger partial charge on any atom is -0.481 e. The first-order valence-electron chi connectivity index (χ1n) is 8.80. The first-order chi connectivity index (χ1) is 11.6. The van der Waals surface area contributed by atoms with Crippen LogP contribution in [-0.2, 0) is 4.79 Å². The van der Waals surface area contributed by atoms with Crippen molar-refractivity contribution in [2.24, 2.45) is 0 Å². The third-order valence-corrected chi connectivity index (χ3v) is 3.43. The SMILES string of the molecule is CCCCC[C@H](O)/C=C/C\C=C/C=C\C=C\[C@@H](O)CCCC(=O)O. The number of hydrogen-bond donors (Lipinski definition) is 3. The summed E-state index contributed by atoms with van der Waals surface area (Å²) in [4.78, 5) is 10.3. The molecular weight excluding hydrogens is 304 g/mol. The second kappa shape index (κ2) is 16.2. The summed E-state index contributed by atoms with van der Waals surface area (Å²) in [5.74, 6) is -0.834. The minimum absolute atomic E-state index is 0.0876. The zero-order valence-corrected chi connectivity index (χ0v) is 14.7. The summed E-state index contributed by atoms with van der Waals surface area (Å²) in [6.45, 7) is 2.15. The summed E-state index contributed by atoms with van der Waals surface area (Å²) in [7, 11) is 0. The van der Waals surface area contributed by atoms with Crippen LogP contribution in [0.4, 0.5) is 0 Å². The largest absolute Gasteiger partial charge is 0.481 e. The van der Waals surface area contributed by atoms with Crippen molar-refractivity contribution in [1.29, 1.82) is 0 Å². The number of carbonyl (C=O) groups is 1. The molecule has 0 radical (unpaired) electrons. The number of aliphatic carboxylic acids is 1. The van der Waals surface area contributed by atoms with E-state index in [0.717, 1.165) is 25.7 Å². The van der Waals surface area contributed by atoms with Crippen molar-refractivity contribution in [3.63, 3.8) is 0 Å². The third-order valence-electron chi connectivity index (χ3n) is 3.43. The van der Waals surface area contributed by atoms with Crippen LogP contribution in [-0.4, -0.2) is 33.5 Å². The van der Waals surface area contributed by atoms with E-state index in [2.05, 4.69) is 6.92 Å². The number of unbranched alkanes of at least 4 members (excludes halogenated alkanes) is 2. The van der Waals surface area contributed by atoms with Gasteiger partial charge in [0.25, 0.3) is 0 Å². The lowest BCUT2D eigenvalue weighted by Crippen LogP contribution is -2.03. The predicted molar refractivity (Wildman–Crippen MR) is 98.8 cm³/mol. The summed E-state index contributed by atoms with van der Waals surface area (Å²) in [5, 5.41) is 27.8. The highest BCUT2D eigenvalue weighted by atomic mass is 16.4. The fourth-order valence-corrected chi connectivity index (χ4v) is 2.05. The van der Waals surface area contributed by atoms with E-state index in [1.54, 1.807) is 12.2 Å². The lowest BCUT2D eigenvalue weighted by atomic mass is 10.1.